The average molecular weight is 561 g/mol. The third kappa shape index (κ3) is 8.36. The monoisotopic (exact) mass is 560 g/mol. The number of halogens is 3. The Balaban J connectivity index is 0.000000505. The molecular weight excluding hydrogens is 529 g/mol. The average Bonchev–Trinajstić information content (AvgIpc) is 2.92. The van der Waals surface area contributed by atoms with Crippen LogP contribution in [0.1, 0.15) is 23.5 Å². The molecule has 0 bridgehead atoms. The largest absolute Gasteiger partial charge is 0.490 e. The van der Waals surface area contributed by atoms with Crippen molar-refractivity contribution in [2.45, 2.75) is 25.1 Å². The first-order valence-electron chi connectivity index (χ1n) is 12.0. The van der Waals surface area contributed by atoms with Crippen molar-refractivity contribution < 1.29 is 41.0 Å². The highest BCUT2D eigenvalue weighted by Gasteiger charge is 2.39. The third-order valence-electron chi connectivity index (χ3n) is 6.14. The van der Waals surface area contributed by atoms with Gasteiger partial charge in [-0.25, -0.2) is 9.78 Å². The van der Waals surface area contributed by atoms with E-state index in [9.17, 15) is 21.6 Å². The van der Waals surface area contributed by atoms with Crippen LogP contribution in [0.4, 0.5) is 13.2 Å². The molecule has 2 atom stereocenters. The summed E-state index contributed by atoms with van der Waals surface area (Å²) in [5, 5.41) is 7.12. The minimum Gasteiger partial charge on any atom is -0.477 e. The van der Waals surface area contributed by atoms with Gasteiger partial charge in [-0.15, -0.1) is 0 Å². The van der Waals surface area contributed by atoms with Crippen LogP contribution in [0.15, 0.2) is 48.7 Å². The number of aliphatic carboxylic acids is 1. The van der Waals surface area contributed by atoms with Gasteiger partial charge in [-0.1, -0.05) is 30.3 Å². The van der Waals surface area contributed by atoms with Gasteiger partial charge < -0.3 is 20.3 Å². The summed E-state index contributed by atoms with van der Waals surface area (Å²) < 4.78 is 72.9. The van der Waals surface area contributed by atoms with Crippen molar-refractivity contribution in [2.75, 3.05) is 46.0 Å². The van der Waals surface area contributed by atoms with Crippen molar-refractivity contribution in [1.29, 1.82) is 0 Å². The first kappa shape index (κ1) is 29.8. The Labute approximate surface area is 219 Å². The molecule has 210 valence electrons. The van der Waals surface area contributed by atoms with Gasteiger partial charge in [0, 0.05) is 50.9 Å². The molecule has 1 aromatic carbocycles. The molecular formula is C24H31F3N4O6S. The van der Waals surface area contributed by atoms with E-state index in [1.165, 1.54) is 4.31 Å². The van der Waals surface area contributed by atoms with Crippen molar-refractivity contribution in [3.63, 3.8) is 0 Å². The summed E-state index contributed by atoms with van der Waals surface area (Å²) in [5.74, 6) is -2.07. The van der Waals surface area contributed by atoms with E-state index in [-0.39, 0.29) is 11.8 Å². The number of carbonyl (C=O) groups is 1. The molecule has 0 amide bonds. The van der Waals surface area contributed by atoms with Gasteiger partial charge in [0.2, 0.25) is 5.88 Å². The van der Waals surface area contributed by atoms with Crippen LogP contribution in [0.25, 0.3) is 0 Å². The van der Waals surface area contributed by atoms with E-state index in [1.807, 2.05) is 30.3 Å². The molecule has 3 heterocycles. The lowest BCUT2D eigenvalue weighted by atomic mass is 9.86. The number of morpholine rings is 1. The summed E-state index contributed by atoms with van der Waals surface area (Å²) in [6.45, 7) is 3.39. The Hall–Kier alpha value is -2.78. The number of carboxylic acid groups (broad SMARTS) is 1. The second kappa shape index (κ2) is 13.3. The molecule has 3 N–H and O–H groups in total. The van der Waals surface area contributed by atoms with Crippen LogP contribution >= 0.6 is 0 Å². The van der Waals surface area contributed by atoms with E-state index in [2.05, 4.69) is 17.1 Å². The standard InChI is InChI=1S/C22H30N4O4S.C2HF3O2/c23-14-18-6-7-24-22(13-18)30-17-19-12-21(20-4-2-1-3-5-20)16-26(15-19)31(27,28)25-8-10-29-11-9-25;3-2(4,5)1(6)7/h1-7,13,19,21H,8-12,14-17,23H2;(H,6,7). The fraction of sp³-hybridized carbons (Fsp3) is 0.500. The SMILES string of the molecule is NCc1ccnc(OCC2CC(c3ccccc3)CN(S(=O)(=O)N3CCOCC3)C2)c1.O=C(O)C(F)(F)F. The first-order chi connectivity index (χ1) is 18.0. The summed E-state index contributed by atoms with van der Waals surface area (Å²) in [6.07, 6.45) is -2.55. The van der Waals surface area contributed by atoms with Gasteiger partial charge in [-0.05, 0) is 29.5 Å². The predicted octanol–water partition coefficient (Wildman–Crippen LogP) is 2.24. The Morgan fingerprint density at radius 2 is 1.79 bits per heavy atom. The summed E-state index contributed by atoms with van der Waals surface area (Å²) >= 11 is 0. The zero-order chi connectivity index (χ0) is 27.8. The predicted molar refractivity (Wildman–Crippen MR) is 131 cm³/mol. The van der Waals surface area contributed by atoms with Crippen LogP contribution in [-0.4, -0.2) is 85.3 Å². The Kier molecular flexibility index (Phi) is 10.4. The molecule has 1 aromatic heterocycles. The molecule has 10 nitrogen and oxygen atoms in total. The number of hydrogen-bond acceptors (Lipinski definition) is 7. The first-order valence-corrected chi connectivity index (χ1v) is 13.4. The molecule has 2 unspecified atom stereocenters. The highest BCUT2D eigenvalue weighted by molar-refractivity contribution is 7.86. The normalized spacial score (nSPS) is 21.3. The molecule has 0 radical (unpaired) electrons. The fourth-order valence-corrected chi connectivity index (χ4v) is 5.94. The lowest BCUT2D eigenvalue weighted by molar-refractivity contribution is -0.192. The number of carboxylic acids is 1. The molecule has 4 rings (SSSR count). The van der Waals surface area contributed by atoms with E-state index in [1.54, 1.807) is 10.5 Å². The maximum absolute atomic E-state index is 13.4. The van der Waals surface area contributed by atoms with E-state index in [0.717, 1.165) is 17.5 Å². The number of benzene rings is 1. The quantitative estimate of drug-likeness (QED) is 0.527. The van der Waals surface area contributed by atoms with Crippen LogP contribution in [0.5, 0.6) is 5.88 Å². The Morgan fingerprint density at radius 3 is 2.39 bits per heavy atom. The molecule has 2 saturated heterocycles. The van der Waals surface area contributed by atoms with Crippen molar-refractivity contribution in [1.82, 2.24) is 13.6 Å². The number of piperidine rings is 1. The van der Waals surface area contributed by atoms with E-state index in [0.29, 0.717) is 58.4 Å². The van der Waals surface area contributed by atoms with E-state index >= 15 is 0 Å². The Bertz CT molecular complexity index is 1150. The number of pyridine rings is 1. The summed E-state index contributed by atoms with van der Waals surface area (Å²) in [7, 11) is -3.55. The van der Waals surface area contributed by atoms with Gasteiger partial charge in [-0.3, -0.25) is 0 Å². The second-order valence-corrected chi connectivity index (χ2v) is 10.8. The zero-order valence-electron chi connectivity index (χ0n) is 20.6. The number of alkyl halides is 3. The van der Waals surface area contributed by atoms with Crippen LogP contribution in [0.2, 0.25) is 0 Å². The lowest BCUT2D eigenvalue weighted by Crippen LogP contribution is -2.53. The highest BCUT2D eigenvalue weighted by Crippen LogP contribution is 2.33. The van der Waals surface area contributed by atoms with Crippen LogP contribution in [0, 0.1) is 5.92 Å². The molecule has 2 aliphatic rings. The molecule has 14 heteroatoms. The van der Waals surface area contributed by atoms with Crippen molar-refractivity contribution in [3.05, 3.63) is 59.8 Å². The molecule has 2 aliphatic heterocycles. The lowest BCUT2D eigenvalue weighted by Gasteiger charge is -2.40. The molecule has 0 aliphatic carbocycles. The number of rotatable bonds is 7. The van der Waals surface area contributed by atoms with Gasteiger partial charge >= 0.3 is 12.1 Å². The maximum Gasteiger partial charge on any atom is 0.490 e. The molecule has 0 saturated carbocycles. The number of nitrogens with two attached hydrogens (primary N) is 1. The van der Waals surface area contributed by atoms with Crippen molar-refractivity contribution in [2.24, 2.45) is 11.7 Å². The van der Waals surface area contributed by atoms with Gasteiger partial charge in [-0.2, -0.15) is 30.2 Å². The second-order valence-electron chi connectivity index (χ2n) is 8.87. The highest BCUT2D eigenvalue weighted by atomic mass is 32.2. The molecule has 2 fully saturated rings. The van der Waals surface area contributed by atoms with Gasteiger partial charge in [0.15, 0.2) is 0 Å². The summed E-state index contributed by atoms with van der Waals surface area (Å²) in [5.41, 5.74) is 7.81. The molecule has 38 heavy (non-hydrogen) atoms. The topological polar surface area (TPSA) is 135 Å². The zero-order valence-corrected chi connectivity index (χ0v) is 21.4. The Morgan fingerprint density at radius 1 is 1.13 bits per heavy atom. The van der Waals surface area contributed by atoms with Gasteiger partial charge in [0.25, 0.3) is 10.2 Å². The van der Waals surface area contributed by atoms with Crippen LogP contribution in [0.3, 0.4) is 0 Å². The third-order valence-corrected chi connectivity index (χ3v) is 8.11. The molecule has 2 aromatic rings. The van der Waals surface area contributed by atoms with Crippen LogP contribution in [-0.2, 0) is 26.3 Å². The van der Waals surface area contributed by atoms with Gasteiger partial charge in [0.05, 0.1) is 19.8 Å². The fourth-order valence-electron chi connectivity index (χ4n) is 4.24. The van der Waals surface area contributed by atoms with E-state index in [4.69, 9.17) is 25.1 Å². The van der Waals surface area contributed by atoms with Crippen molar-refractivity contribution in [3.8, 4) is 5.88 Å². The van der Waals surface area contributed by atoms with Crippen molar-refractivity contribution >= 4 is 16.2 Å². The van der Waals surface area contributed by atoms with E-state index < -0.39 is 22.4 Å². The van der Waals surface area contributed by atoms with Crippen LogP contribution < -0.4 is 10.5 Å². The number of nitrogens with zero attached hydrogens (tertiary/aromatic N) is 3. The smallest absolute Gasteiger partial charge is 0.477 e. The number of aromatic nitrogens is 1. The molecule has 0 spiro atoms. The maximum atomic E-state index is 13.4. The minimum absolute atomic E-state index is 0.0538. The minimum atomic E-state index is -5.08. The summed E-state index contributed by atoms with van der Waals surface area (Å²) in [6, 6.07) is 13.8. The van der Waals surface area contributed by atoms with Gasteiger partial charge in [0.1, 0.15) is 0 Å². The number of ether oxygens (including phenoxy) is 2. The summed E-state index contributed by atoms with van der Waals surface area (Å²) in [4.78, 5) is 13.2. The number of hydrogen-bond donors (Lipinski definition) is 2.